The summed E-state index contributed by atoms with van der Waals surface area (Å²) in [4.78, 5) is 0. The molecule has 0 spiro atoms. The minimum absolute atomic E-state index is 0.149. The van der Waals surface area contributed by atoms with E-state index < -0.39 is 10.0 Å². The Labute approximate surface area is 107 Å². The van der Waals surface area contributed by atoms with Gasteiger partial charge in [-0.3, -0.25) is 0 Å². The van der Waals surface area contributed by atoms with Gasteiger partial charge in [-0.05, 0) is 31.7 Å². The van der Waals surface area contributed by atoms with E-state index in [0.29, 0.717) is 24.4 Å². The van der Waals surface area contributed by atoms with Crippen LogP contribution < -0.4 is 10.0 Å². The highest BCUT2D eigenvalue weighted by Crippen LogP contribution is 2.12. The van der Waals surface area contributed by atoms with Gasteiger partial charge in [0, 0.05) is 12.6 Å². The molecule has 17 heavy (non-hydrogen) atoms. The molecule has 2 N–H and O–H groups in total. The summed E-state index contributed by atoms with van der Waals surface area (Å²) >= 11 is 0. The summed E-state index contributed by atoms with van der Waals surface area (Å²) in [6.45, 7) is 9.30. The maximum absolute atomic E-state index is 11.3. The minimum Gasteiger partial charge on any atom is -0.313 e. The fraction of sp³-hybridized carbons (Fsp3) is 1.00. The van der Waals surface area contributed by atoms with Gasteiger partial charge in [-0.25, -0.2) is 13.1 Å². The Morgan fingerprint density at radius 3 is 1.82 bits per heavy atom. The van der Waals surface area contributed by atoms with Crippen LogP contribution in [0.5, 0.6) is 0 Å². The lowest BCUT2D eigenvalue weighted by molar-refractivity contribution is 0.365. The Morgan fingerprint density at radius 1 is 1.00 bits per heavy atom. The van der Waals surface area contributed by atoms with Crippen molar-refractivity contribution < 1.29 is 8.42 Å². The third-order valence-corrected chi connectivity index (χ3v) is 3.99. The molecule has 104 valence electrons. The maximum atomic E-state index is 11.3. The van der Waals surface area contributed by atoms with Crippen molar-refractivity contribution in [2.24, 2.45) is 11.8 Å². The fourth-order valence-corrected chi connectivity index (χ4v) is 2.49. The van der Waals surface area contributed by atoms with Crippen LogP contribution in [-0.4, -0.2) is 33.8 Å². The highest BCUT2D eigenvalue weighted by Gasteiger charge is 2.14. The maximum Gasteiger partial charge on any atom is 0.212 e. The van der Waals surface area contributed by atoms with E-state index in [-0.39, 0.29) is 5.75 Å². The Kier molecular flexibility index (Phi) is 8.00. The van der Waals surface area contributed by atoms with Crippen molar-refractivity contribution in [3.05, 3.63) is 0 Å². The zero-order chi connectivity index (χ0) is 13.5. The molecule has 0 amide bonds. The highest BCUT2D eigenvalue weighted by molar-refractivity contribution is 7.89. The number of nitrogens with one attached hydrogen (secondary N) is 2. The van der Waals surface area contributed by atoms with E-state index in [9.17, 15) is 8.42 Å². The second-order valence-electron chi connectivity index (χ2n) is 5.43. The van der Waals surface area contributed by atoms with Gasteiger partial charge in [0.25, 0.3) is 0 Å². The number of hydrogen-bond donors (Lipinski definition) is 2. The topological polar surface area (TPSA) is 58.2 Å². The molecule has 0 rings (SSSR count). The van der Waals surface area contributed by atoms with Crippen molar-refractivity contribution >= 4 is 10.0 Å². The van der Waals surface area contributed by atoms with Gasteiger partial charge in [-0.15, -0.1) is 0 Å². The number of sulfonamides is 1. The highest BCUT2D eigenvalue weighted by atomic mass is 32.2. The number of hydrogen-bond acceptors (Lipinski definition) is 3. The molecule has 0 aliphatic heterocycles. The van der Waals surface area contributed by atoms with Crippen LogP contribution >= 0.6 is 0 Å². The summed E-state index contributed by atoms with van der Waals surface area (Å²) in [5, 5.41) is 3.35. The molecule has 0 aliphatic rings. The van der Waals surface area contributed by atoms with Gasteiger partial charge in [0.15, 0.2) is 0 Å². The van der Waals surface area contributed by atoms with Gasteiger partial charge in [0.1, 0.15) is 0 Å². The summed E-state index contributed by atoms with van der Waals surface area (Å²) in [5.74, 6) is 1.41. The molecule has 0 fully saturated rings. The SMILES string of the molecule is CNS(=O)(=O)CCNC(CC(C)C)CC(C)C. The van der Waals surface area contributed by atoms with E-state index in [1.807, 2.05) is 0 Å². The van der Waals surface area contributed by atoms with Crippen LogP contribution in [-0.2, 0) is 10.0 Å². The van der Waals surface area contributed by atoms with E-state index in [4.69, 9.17) is 0 Å². The summed E-state index contributed by atoms with van der Waals surface area (Å²) in [7, 11) is -1.63. The average Bonchev–Trinajstić information content (AvgIpc) is 2.15. The minimum atomic E-state index is -3.08. The smallest absolute Gasteiger partial charge is 0.212 e. The molecule has 0 aromatic carbocycles. The van der Waals surface area contributed by atoms with Gasteiger partial charge >= 0.3 is 0 Å². The Hall–Kier alpha value is -0.130. The molecule has 5 heteroatoms. The van der Waals surface area contributed by atoms with Gasteiger partial charge in [-0.1, -0.05) is 27.7 Å². The van der Waals surface area contributed by atoms with Crippen molar-refractivity contribution in [3.63, 3.8) is 0 Å². The van der Waals surface area contributed by atoms with Crippen LogP contribution in [0.3, 0.4) is 0 Å². The van der Waals surface area contributed by atoms with E-state index in [1.165, 1.54) is 7.05 Å². The Balaban J connectivity index is 4.07. The van der Waals surface area contributed by atoms with Crippen molar-refractivity contribution in [2.75, 3.05) is 19.3 Å². The van der Waals surface area contributed by atoms with Gasteiger partial charge < -0.3 is 5.32 Å². The predicted octanol–water partition coefficient (Wildman–Crippen LogP) is 1.59. The molecular formula is C12H28N2O2S. The molecule has 0 atom stereocenters. The molecule has 0 unspecified atom stereocenters. The molecule has 4 nitrogen and oxygen atoms in total. The fourth-order valence-electron chi connectivity index (χ4n) is 1.90. The molecule has 0 saturated carbocycles. The first-order valence-electron chi connectivity index (χ1n) is 6.41. The van der Waals surface area contributed by atoms with E-state index in [2.05, 4.69) is 37.7 Å². The summed E-state index contributed by atoms with van der Waals surface area (Å²) in [5.41, 5.74) is 0. The third-order valence-electron chi connectivity index (χ3n) is 2.63. The predicted molar refractivity (Wildman–Crippen MR) is 73.5 cm³/mol. The third kappa shape index (κ3) is 9.56. The Morgan fingerprint density at radius 2 is 1.47 bits per heavy atom. The first-order valence-corrected chi connectivity index (χ1v) is 8.06. The summed E-state index contributed by atoms with van der Waals surface area (Å²) in [6.07, 6.45) is 2.19. The largest absolute Gasteiger partial charge is 0.313 e. The second kappa shape index (κ2) is 8.06. The lowest BCUT2D eigenvalue weighted by Gasteiger charge is -2.22. The van der Waals surface area contributed by atoms with Crippen molar-refractivity contribution in [1.29, 1.82) is 0 Å². The van der Waals surface area contributed by atoms with Gasteiger partial charge in [0.05, 0.1) is 5.75 Å². The first kappa shape index (κ1) is 16.9. The van der Waals surface area contributed by atoms with Crippen molar-refractivity contribution in [3.8, 4) is 0 Å². The molecule has 0 saturated heterocycles. The van der Waals surface area contributed by atoms with E-state index >= 15 is 0 Å². The van der Waals surface area contributed by atoms with Crippen LogP contribution in [0, 0.1) is 11.8 Å². The van der Waals surface area contributed by atoms with Crippen LogP contribution in [0.1, 0.15) is 40.5 Å². The zero-order valence-electron chi connectivity index (χ0n) is 11.8. The molecule has 0 heterocycles. The van der Waals surface area contributed by atoms with Crippen LogP contribution in [0.4, 0.5) is 0 Å². The normalized spacial score (nSPS) is 12.9. The van der Waals surface area contributed by atoms with Gasteiger partial charge in [0.2, 0.25) is 10.0 Å². The molecule has 0 aromatic heterocycles. The standard InChI is InChI=1S/C12H28N2O2S/c1-10(2)8-12(9-11(3)4)14-6-7-17(15,16)13-5/h10-14H,6-9H2,1-5H3. The molecular weight excluding hydrogens is 236 g/mol. The lowest BCUT2D eigenvalue weighted by Crippen LogP contribution is -2.37. The molecule has 0 bridgehead atoms. The van der Waals surface area contributed by atoms with E-state index in [0.717, 1.165) is 12.8 Å². The van der Waals surface area contributed by atoms with Crippen molar-refractivity contribution in [1.82, 2.24) is 10.0 Å². The summed E-state index contributed by atoms with van der Waals surface area (Å²) < 4.78 is 24.9. The van der Waals surface area contributed by atoms with Gasteiger partial charge in [-0.2, -0.15) is 0 Å². The van der Waals surface area contributed by atoms with Crippen LogP contribution in [0.2, 0.25) is 0 Å². The lowest BCUT2D eigenvalue weighted by atomic mass is 9.96. The first-order chi connectivity index (χ1) is 7.76. The van der Waals surface area contributed by atoms with Crippen LogP contribution in [0.25, 0.3) is 0 Å². The quantitative estimate of drug-likeness (QED) is 0.665. The monoisotopic (exact) mass is 264 g/mol. The number of rotatable bonds is 9. The van der Waals surface area contributed by atoms with E-state index in [1.54, 1.807) is 0 Å². The average molecular weight is 264 g/mol. The summed E-state index contributed by atoms with van der Waals surface area (Å²) in [6, 6.07) is 0.419. The molecule has 0 radical (unpaired) electrons. The zero-order valence-corrected chi connectivity index (χ0v) is 12.6. The molecule has 0 aromatic rings. The van der Waals surface area contributed by atoms with Crippen molar-refractivity contribution in [2.45, 2.75) is 46.6 Å². The second-order valence-corrected chi connectivity index (χ2v) is 7.48. The Bertz CT molecular complexity index is 277. The van der Waals surface area contributed by atoms with Crippen LogP contribution in [0.15, 0.2) is 0 Å². The molecule has 0 aliphatic carbocycles.